The van der Waals surface area contributed by atoms with E-state index in [1.807, 2.05) is 23.1 Å². The van der Waals surface area contributed by atoms with Crippen molar-refractivity contribution in [1.82, 2.24) is 10.3 Å². The first kappa shape index (κ1) is 17.1. The maximum atomic E-state index is 5.32. The fourth-order valence-corrected chi connectivity index (χ4v) is 4.12. The summed E-state index contributed by atoms with van der Waals surface area (Å²) in [6.45, 7) is 10.3. The zero-order chi connectivity index (χ0) is 15.3. The first-order chi connectivity index (χ1) is 9.99. The number of hydrogen-bond donors (Lipinski definition) is 1. The molecule has 0 unspecified atom stereocenters. The van der Waals surface area contributed by atoms with Crippen LogP contribution in [-0.2, 0) is 17.9 Å². The molecule has 1 aromatic heterocycles. The van der Waals surface area contributed by atoms with Crippen LogP contribution in [0.4, 0.5) is 5.13 Å². The van der Waals surface area contributed by atoms with Crippen molar-refractivity contribution < 1.29 is 4.74 Å². The Hall–Kier alpha value is -0.300. The van der Waals surface area contributed by atoms with E-state index < -0.39 is 0 Å². The van der Waals surface area contributed by atoms with Gasteiger partial charge in [0, 0.05) is 42.9 Å². The summed E-state index contributed by atoms with van der Waals surface area (Å²) in [6.07, 6.45) is 1.25. The number of thioether (sulfide) groups is 1. The molecule has 2 heterocycles. The van der Waals surface area contributed by atoms with Gasteiger partial charge in [0.1, 0.15) is 0 Å². The molecule has 2 rings (SSSR count). The number of anilines is 1. The fraction of sp³-hybridized carbons (Fsp3) is 0.800. The summed E-state index contributed by atoms with van der Waals surface area (Å²) in [5, 5.41) is 4.72. The lowest BCUT2D eigenvalue weighted by Crippen LogP contribution is -2.35. The largest absolute Gasteiger partial charge is 0.378 e. The molecule has 120 valence electrons. The van der Waals surface area contributed by atoms with Gasteiger partial charge < -0.3 is 15.0 Å². The van der Waals surface area contributed by atoms with E-state index in [9.17, 15) is 0 Å². The average Bonchev–Trinajstić information content (AvgIpc) is 2.63. The Morgan fingerprint density at radius 1 is 1.29 bits per heavy atom. The predicted molar refractivity (Wildman–Crippen MR) is 93.6 cm³/mol. The van der Waals surface area contributed by atoms with Gasteiger partial charge in [0.05, 0.1) is 12.3 Å². The molecule has 1 saturated heterocycles. The highest BCUT2D eigenvalue weighted by Crippen LogP contribution is 2.29. The molecule has 1 fully saturated rings. The molecule has 0 radical (unpaired) electrons. The first-order valence-electron chi connectivity index (χ1n) is 7.55. The van der Waals surface area contributed by atoms with Gasteiger partial charge in [0.2, 0.25) is 0 Å². The summed E-state index contributed by atoms with van der Waals surface area (Å²) >= 11 is 3.87. The Kier molecular flexibility index (Phi) is 6.34. The van der Waals surface area contributed by atoms with Crippen molar-refractivity contribution in [1.29, 1.82) is 0 Å². The normalized spacial score (nSPS) is 17.0. The van der Waals surface area contributed by atoms with Crippen molar-refractivity contribution in [2.45, 2.75) is 45.9 Å². The maximum absolute atomic E-state index is 5.32. The van der Waals surface area contributed by atoms with Crippen LogP contribution in [0, 0.1) is 0 Å². The summed E-state index contributed by atoms with van der Waals surface area (Å²) in [7, 11) is 1.74. The van der Waals surface area contributed by atoms with Crippen LogP contribution in [0.15, 0.2) is 0 Å². The number of ether oxygens (including phenoxy) is 1. The molecule has 0 bridgehead atoms. The van der Waals surface area contributed by atoms with Crippen molar-refractivity contribution in [3.63, 3.8) is 0 Å². The van der Waals surface area contributed by atoms with Crippen LogP contribution in [0.5, 0.6) is 0 Å². The van der Waals surface area contributed by atoms with Crippen LogP contribution in [0.3, 0.4) is 0 Å². The second-order valence-electron chi connectivity index (χ2n) is 6.36. The quantitative estimate of drug-likeness (QED) is 0.898. The molecule has 0 amide bonds. The molecule has 4 nitrogen and oxygen atoms in total. The van der Waals surface area contributed by atoms with Crippen molar-refractivity contribution in [3.8, 4) is 0 Å². The van der Waals surface area contributed by atoms with E-state index in [-0.39, 0.29) is 5.54 Å². The second-order valence-corrected chi connectivity index (χ2v) is 8.64. The summed E-state index contributed by atoms with van der Waals surface area (Å²) in [4.78, 5) is 8.58. The van der Waals surface area contributed by atoms with E-state index >= 15 is 0 Å². The standard InChI is InChI=1S/C15H27N3OS2/c1-15(2,3)16-10-13-12(11-19-4)17-14(21-13)18-6-5-8-20-9-7-18/h16H,5-11H2,1-4H3. The monoisotopic (exact) mass is 329 g/mol. The van der Waals surface area contributed by atoms with Gasteiger partial charge in [0.15, 0.2) is 5.13 Å². The SMILES string of the molecule is COCc1nc(N2CCCSCC2)sc1CNC(C)(C)C. The lowest BCUT2D eigenvalue weighted by Gasteiger charge is -2.20. The molecule has 1 aliphatic rings. The van der Waals surface area contributed by atoms with Gasteiger partial charge in [-0.05, 0) is 32.9 Å². The van der Waals surface area contributed by atoms with Crippen molar-refractivity contribution in [3.05, 3.63) is 10.6 Å². The predicted octanol–water partition coefficient (Wildman–Crippen LogP) is 3.12. The van der Waals surface area contributed by atoms with Crippen LogP contribution in [0.25, 0.3) is 0 Å². The van der Waals surface area contributed by atoms with Crippen LogP contribution >= 0.6 is 23.1 Å². The number of hydrogen-bond acceptors (Lipinski definition) is 6. The molecular formula is C15H27N3OS2. The third-order valence-electron chi connectivity index (χ3n) is 3.32. The highest BCUT2D eigenvalue weighted by atomic mass is 32.2. The van der Waals surface area contributed by atoms with Gasteiger partial charge in [-0.25, -0.2) is 4.98 Å². The number of rotatable bonds is 5. The lowest BCUT2D eigenvalue weighted by molar-refractivity contribution is 0.181. The molecule has 1 aliphatic heterocycles. The van der Waals surface area contributed by atoms with E-state index in [2.05, 4.69) is 31.0 Å². The fourth-order valence-electron chi connectivity index (χ4n) is 2.18. The van der Waals surface area contributed by atoms with Crippen molar-refractivity contribution in [2.75, 3.05) is 36.6 Å². The molecule has 6 heteroatoms. The molecule has 0 aliphatic carbocycles. The Morgan fingerprint density at radius 2 is 2.10 bits per heavy atom. The number of aromatic nitrogens is 1. The van der Waals surface area contributed by atoms with Crippen molar-refractivity contribution >= 4 is 28.2 Å². The Labute approximate surface area is 136 Å². The third kappa shape index (κ3) is 5.43. The van der Waals surface area contributed by atoms with E-state index in [0.29, 0.717) is 6.61 Å². The van der Waals surface area contributed by atoms with Crippen LogP contribution in [-0.4, -0.2) is 42.2 Å². The van der Waals surface area contributed by atoms with Gasteiger partial charge in [-0.1, -0.05) is 0 Å². The third-order valence-corrected chi connectivity index (χ3v) is 5.53. The maximum Gasteiger partial charge on any atom is 0.185 e. The molecule has 1 N–H and O–H groups in total. The minimum absolute atomic E-state index is 0.119. The lowest BCUT2D eigenvalue weighted by atomic mass is 10.1. The molecule has 0 saturated carbocycles. The number of methoxy groups -OCH3 is 1. The molecule has 1 aromatic rings. The van der Waals surface area contributed by atoms with Crippen LogP contribution < -0.4 is 10.2 Å². The number of thiazole rings is 1. The molecule has 21 heavy (non-hydrogen) atoms. The number of nitrogens with zero attached hydrogens (tertiary/aromatic N) is 2. The minimum atomic E-state index is 0.119. The Balaban J connectivity index is 2.11. The molecule has 0 spiro atoms. The van der Waals surface area contributed by atoms with Crippen LogP contribution in [0.2, 0.25) is 0 Å². The Morgan fingerprint density at radius 3 is 2.81 bits per heavy atom. The van der Waals surface area contributed by atoms with Crippen molar-refractivity contribution in [2.24, 2.45) is 0 Å². The van der Waals surface area contributed by atoms with Gasteiger partial charge in [-0.3, -0.25) is 0 Å². The Bertz CT molecular complexity index is 435. The number of nitrogens with one attached hydrogen (secondary N) is 1. The molecular weight excluding hydrogens is 302 g/mol. The highest BCUT2D eigenvalue weighted by Gasteiger charge is 2.19. The molecule has 0 aromatic carbocycles. The highest BCUT2D eigenvalue weighted by molar-refractivity contribution is 7.99. The van der Waals surface area contributed by atoms with Gasteiger partial charge >= 0.3 is 0 Å². The zero-order valence-corrected chi connectivity index (χ0v) is 15.2. The summed E-state index contributed by atoms with van der Waals surface area (Å²) in [5.74, 6) is 2.47. The average molecular weight is 330 g/mol. The van der Waals surface area contributed by atoms with E-state index in [4.69, 9.17) is 9.72 Å². The summed E-state index contributed by atoms with van der Waals surface area (Å²) in [6, 6.07) is 0. The van der Waals surface area contributed by atoms with Gasteiger partial charge in [-0.15, -0.1) is 11.3 Å². The van der Waals surface area contributed by atoms with Crippen LogP contribution in [0.1, 0.15) is 37.8 Å². The summed E-state index contributed by atoms with van der Waals surface area (Å²) in [5.41, 5.74) is 1.21. The van der Waals surface area contributed by atoms with E-state index in [1.165, 1.54) is 22.8 Å². The molecule has 0 atom stereocenters. The summed E-state index contributed by atoms with van der Waals surface area (Å²) < 4.78 is 5.32. The van der Waals surface area contributed by atoms with E-state index in [1.54, 1.807) is 7.11 Å². The second kappa shape index (κ2) is 7.81. The topological polar surface area (TPSA) is 37.4 Å². The van der Waals surface area contributed by atoms with Gasteiger partial charge in [0.25, 0.3) is 0 Å². The minimum Gasteiger partial charge on any atom is -0.378 e. The smallest absolute Gasteiger partial charge is 0.185 e. The first-order valence-corrected chi connectivity index (χ1v) is 9.52. The van der Waals surface area contributed by atoms with E-state index in [0.717, 1.165) is 30.5 Å². The zero-order valence-electron chi connectivity index (χ0n) is 13.6. The van der Waals surface area contributed by atoms with Gasteiger partial charge in [-0.2, -0.15) is 11.8 Å².